The van der Waals surface area contributed by atoms with Crippen LogP contribution in [0, 0.1) is 5.41 Å². The fourth-order valence-electron chi connectivity index (χ4n) is 4.45. The van der Waals surface area contributed by atoms with E-state index in [0.717, 1.165) is 38.4 Å². The van der Waals surface area contributed by atoms with Gasteiger partial charge in [-0.3, -0.25) is 9.69 Å². The molecule has 1 saturated carbocycles. The van der Waals surface area contributed by atoms with E-state index in [2.05, 4.69) is 23.6 Å². The minimum Gasteiger partial charge on any atom is -0.383 e. The number of nitrogens with zero attached hydrogens (tertiary/aromatic N) is 2. The van der Waals surface area contributed by atoms with Gasteiger partial charge in [-0.2, -0.15) is 0 Å². The number of ketones is 1. The van der Waals surface area contributed by atoms with Crippen molar-refractivity contribution in [3.63, 3.8) is 0 Å². The van der Waals surface area contributed by atoms with E-state index in [-0.39, 0.29) is 17.8 Å². The van der Waals surface area contributed by atoms with Crippen molar-refractivity contribution in [1.29, 1.82) is 0 Å². The highest BCUT2D eigenvalue weighted by atomic mass is 35.5. The van der Waals surface area contributed by atoms with Gasteiger partial charge in [-0.05, 0) is 24.7 Å². The summed E-state index contributed by atoms with van der Waals surface area (Å²) in [5, 5.41) is 0. The first-order valence-corrected chi connectivity index (χ1v) is 9.23. The molecule has 0 radical (unpaired) electrons. The molecule has 1 heterocycles. The molecule has 2 aliphatic carbocycles. The van der Waals surface area contributed by atoms with Crippen molar-refractivity contribution in [3.05, 3.63) is 11.3 Å². The molecule has 0 amide bonds. The first-order valence-electron chi connectivity index (χ1n) is 9.23. The van der Waals surface area contributed by atoms with Crippen LogP contribution >= 0.6 is 12.4 Å². The summed E-state index contributed by atoms with van der Waals surface area (Å²) >= 11 is 0. The average Bonchev–Trinajstić information content (AvgIpc) is 2.52. The van der Waals surface area contributed by atoms with E-state index >= 15 is 0 Å². The number of carbonyl (C=O) groups is 1. The van der Waals surface area contributed by atoms with Gasteiger partial charge in [0.25, 0.3) is 0 Å². The molecule has 3 aliphatic rings. The van der Waals surface area contributed by atoms with Crippen molar-refractivity contribution in [2.75, 3.05) is 33.5 Å². The summed E-state index contributed by atoms with van der Waals surface area (Å²) in [4.78, 5) is 17.7. The minimum absolute atomic E-state index is 0. The van der Waals surface area contributed by atoms with Crippen LogP contribution in [0.2, 0.25) is 0 Å². The van der Waals surface area contributed by atoms with Crippen molar-refractivity contribution in [2.45, 2.75) is 64.8 Å². The number of rotatable bonds is 4. The molecule has 0 aromatic rings. The van der Waals surface area contributed by atoms with E-state index in [0.29, 0.717) is 18.2 Å². The average molecular weight is 357 g/mol. The number of Topliss-reactive ketones (excluding diaryl/α,β-unsaturated/α-hetero) is 1. The van der Waals surface area contributed by atoms with Crippen molar-refractivity contribution < 1.29 is 9.53 Å². The molecule has 4 nitrogen and oxygen atoms in total. The molecule has 5 heteroatoms. The van der Waals surface area contributed by atoms with Gasteiger partial charge in [0.2, 0.25) is 0 Å². The van der Waals surface area contributed by atoms with Gasteiger partial charge >= 0.3 is 0 Å². The Morgan fingerprint density at radius 1 is 1.17 bits per heavy atom. The van der Waals surface area contributed by atoms with Crippen LogP contribution in [0.5, 0.6) is 0 Å². The lowest BCUT2D eigenvalue weighted by Crippen LogP contribution is -2.52. The van der Waals surface area contributed by atoms with E-state index < -0.39 is 0 Å². The fraction of sp³-hybridized carbons (Fsp3) is 0.842. The third-order valence-corrected chi connectivity index (χ3v) is 5.68. The minimum atomic E-state index is 0. The lowest BCUT2D eigenvalue weighted by molar-refractivity contribution is -0.119. The molecule has 1 fully saturated rings. The number of carbonyl (C=O) groups excluding carboxylic acids is 1. The van der Waals surface area contributed by atoms with Crippen LogP contribution in [0.1, 0.15) is 58.8 Å². The van der Waals surface area contributed by atoms with E-state index in [4.69, 9.17) is 4.74 Å². The highest BCUT2D eigenvalue weighted by Crippen LogP contribution is 2.42. The third kappa shape index (κ3) is 4.33. The topological polar surface area (TPSA) is 32.8 Å². The van der Waals surface area contributed by atoms with Gasteiger partial charge in [-0.15, -0.1) is 12.4 Å². The lowest BCUT2D eigenvalue weighted by Gasteiger charge is -2.48. The third-order valence-electron chi connectivity index (χ3n) is 5.68. The Bertz CT molecular complexity index is 484. The first kappa shape index (κ1) is 19.7. The number of allylic oxidation sites excluding steroid dienone is 1. The van der Waals surface area contributed by atoms with E-state index in [1.54, 1.807) is 7.11 Å². The molecule has 0 N–H and O–H groups in total. The standard InChI is InChI=1S/C19H32N2O2.ClH/c1-19(2)11-17-16(18(22)12-19)13-20(9-10-23-3)14-21(17)15-7-5-4-6-8-15;/h15H,4-14H2,1-3H3;1H. The molecule has 0 saturated heterocycles. The Labute approximate surface area is 153 Å². The van der Waals surface area contributed by atoms with Gasteiger partial charge in [0.05, 0.1) is 13.3 Å². The van der Waals surface area contributed by atoms with Crippen LogP contribution in [0.4, 0.5) is 0 Å². The number of hydrogen-bond donors (Lipinski definition) is 0. The van der Waals surface area contributed by atoms with Gasteiger partial charge < -0.3 is 9.64 Å². The molecule has 138 valence electrons. The van der Waals surface area contributed by atoms with Crippen molar-refractivity contribution in [1.82, 2.24) is 9.80 Å². The maximum Gasteiger partial charge on any atom is 0.162 e. The lowest BCUT2D eigenvalue weighted by atomic mass is 9.74. The van der Waals surface area contributed by atoms with Gasteiger partial charge in [0.1, 0.15) is 0 Å². The second-order valence-electron chi connectivity index (χ2n) is 8.31. The summed E-state index contributed by atoms with van der Waals surface area (Å²) in [6.45, 7) is 7.91. The van der Waals surface area contributed by atoms with Gasteiger partial charge in [-0.25, -0.2) is 0 Å². The Morgan fingerprint density at radius 2 is 1.88 bits per heavy atom. The van der Waals surface area contributed by atoms with Crippen LogP contribution in [0.15, 0.2) is 11.3 Å². The molecule has 0 aromatic carbocycles. The van der Waals surface area contributed by atoms with Gasteiger partial charge in [0.15, 0.2) is 5.78 Å². The quantitative estimate of drug-likeness (QED) is 0.770. The molecule has 0 unspecified atom stereocenters. The summed E-state index contributed by atoms with van der Waals surface area (Å²) in [5.41, 5.74) is 2.57. The second kappa shape index (κ2) is 8.20. The molecule has 0 atom stereocenters. The number of methoxy groups -OCH3 is 1. The highest BCUT2D eigenvalue weighted by molar-refractivity contribution is 5.98. The largest absolute Gasteiger partial charge is 0.383 e. The van der Waals surface area contributed by atoms with E-state index in [1.807, 2.05) is 0 Å². The normalized spacial score (nSPS) is 25.5. The summed E-state index contributed by atoms with van der Waals surface area (Å²) < 4.78 is 5.26. The van der Waals surface area contributed by atoms with E-state index in [9.17, 15) is 4.79 Å². The second-order valence-corrected chi connectivity index (χ2v) is 8.31. The maximum absolute atomic E-state index is 12.7. The van der Waals surface area contributed by atoms with Gasteiger partial charge in [-0.1, -0.05) is 33.1 Å². The van der Waals surface area contributed by atoms with Crippen molar-refractivity contribution >= 4 is 18.2 Å². The summed E-state index contributed by atoms with van der Waals surface area (Å²) in [6.07, 6.45) is 8.35. The van der Waals surface area contributed by atoms with Crippen LogP contribution in [0.3, 0.4) is 0 Å². The number of hydrogen-bond acceptors (Lipinski definition) is 4. The molecule has 0 spiro atoms. The van der Waals surface area contributed by atoms with Crippen molar-refractivity contribution in [3.8, 4) is 0 Å². The van der Waals surface area contributed by atoms with Crippen LogP contribution in [-0.2, 0) is 9.53 Å². The molecular formula is C19H33ClN2O2. The van der Waals surface area contributed by atoms with Crippen molar-refractivity contribution in [2.24, 2.45) is 5.41 Å². The predicted molar refractivity (Wildman–Crippen MR) is 99.3 cm³/mol. The molecule has 0 aromatic heterocycles. The molecular weight excluding hydrogens is 324 g/mol. The van der Waals surface area contributed by atoms with Crippen LogP contribution in [0.25, 0.3) is 0 Å². The van der Waals surface area contributed by atoms with Crippen LogP contribution < -0.4 is 0 Å². The van der Waals surface area contributed by atoms with E-state index in [1.165, 1.54) is 37.8 Å². The molecule has 0 bridgehead atoms. The number of ether oxygens (including phenoxy) is 1. The summed E-state index contributed by atoms with van der Waals surface area (Å²) in [5.74, 6) is 0.374. The Morgan fingerprint density at radius 3 is 2.54 bits per heavy atom. The Hall–Kier alpha value is -0.580. The Kier molecular flexibility index (Phi) is 6.74. The zero-order valence-electron chi connectivity index (χ0n) is 15.5. The predicted octanol–water partition coefficient (Wildman–Crippen LogP) is 3.61. The highest BCUT2D eigenvalue weighted by Gasteiger charge is 2.40. The maximum atomic E-state index is 12.7. The smallest absolute Gasteiger partial charge is 0.162 e. The monoisotopic (exact) mass is 356 g/mol. The molecule has 3 rings (SSSR count). The summed E-state index contributed by atoms with van der Waals surface area (Å²) in [7, 11) is 1.75. The zero-order valence-corrected chi connectivity index (χ0v) is 16.3. The molecule has 24 heavy (non-hydrogen) atoms. The summed E-state index contributed by atoms with van der Waals surface area (Å²) in [6, 6.07) is 0.626. The number of halogens is 1. The SMILES string of the molecule is COCCN1CC2=C(CC(C)(C)CC2=O)N(C2CCCCC2)C1.Cl. The fourth-order valence-corrected chi connectivity index (χ4v) is 4.45. The zero-order chi connectivity index (χ0) is 16.4. The Balaban J connectivity index is 0.00000208. The first-order chi connectivity index (χ1) is 11.0. The van der Waals surface area contributed by atoms with Gasteiger partial charge in [0, 0.05) is 43.9 Å². The van der Waals surface area contributed by atoms with Crippen LogP contribution in [-0.4, -0.2) is 55.1 Å². The molecule has 1 aliphatic heterocycles.